The molecule has 0 radical (unpaired) electrons. The monoisotopic (exact) mass is 306 g/mol. The smallest absolute Gasteiger partial charge is 0.259 e. The number of aromatic nitrogens is 1. The van der Waals surface area contributed by atoms with E-state index in [0.717, 1.165) is 22.2 Å². The van der Waals surface area contributed by atoms with Crippen molar-refractivity contribution in [3.63, 3.8) is 0 Å². The van der Waals surface area contributed by atoms with Crippen molar-refractivity contribution in [1.82, 2.24) is 9.99 Å². The molecule has 0 atom stereocenters. The molecule has 0 aliphatic heterocycles. The van der Waals surface area contributed by atoms with Gasteiger partial charge in [-0.25, -0.2) is 5.43 Å². The van der Waals surface area contributed by atoms with Crippen molar-refractivity contribution >= 4 is 28.7 Å². The molecule has 1 heterocycles. The van der Waals surface area contributed by atoms with E-state index in [2.05, 4.69) is 21.9 Å². The fraction of sp³-hybridized carbons (Fsp3) is 0.111. The van der Waals surface area contributed by atoms with Crippen molar-refractivity contribution in [3.05, 3.63) is 66.4 Å². The quantitative estimate of drug-likeness (QED) is 0.562. The zero-order chi connectivity index (χ0) is 16.1. The maximum Gasteiger partial charge on any atom is 0.259 e. The first-order valence-electron chi connectivity index (χ1n) is 7.39. The number of anilines is 1. The van der Waals surface area contributed by atoms with Gasteiger partial charge >= 0.3 is 0 Å². The van der Waals surface area contributed by atoms with E-state index < -0.39 is 0 Å². The minimum absolute atomic E-state index is 0.177. The lowest BCUT2D eigenvalue weighted by atomic mass is 10.2. The Morgan fingerprint density at radius 1 is 1.13 bits per heavy atom. The van der Waals surface area contributed by atoms with E-state index in [1.54, 1.807) is 6.21 Å². The summed E-state index contributed by atoms with van der Waals surface area (Å²) in [4.78, 5) is 11.8. The molecule has 2 aromatic carbocycles. The number of hydrogen-bond acceptors (Lipinski definition) is 3. The molecule has 3 aromatic rings. The minimum Gasteiger partial charge on any atom is -0.376 e. The van der Waals surface area contributed by atoms with Crippen LogP contribution in [0.4, 0.5) is 5.69 Å². The van der Waals surface area contributed by atoms with Gasteiger partial charge in [-0.1, -0.05) is 36.4 Å². The molecule has 0 aliphatic carbocycles. The zero-order valence-electron chi connectivity index (χ0n) is 12.9. The van der Waals surface area contributed by atoms with Crippen LogP contribution in [0.2, 0.25) is 0 Å². The normalized spacial score (nSPS) is 11.0. The predicted octanol–water partition coefficient (Wildman–Crippen LogP) is 2.74. The van der Waals surface area contributed by atoms with Gasteiger partial charge in [0.05, 0.1) is 12.8 Å². The largest absolute Gasteiger partial charge is 0.376 e. The Balaban J connectivity index is 1.59. The molecule has 2 N–H and O–H groups in total. The Morgan fingerprint density at radius 2 is 1.87 bits per heavy atom. The number of nitrogens with one attached hydrogen (secondary N) is 2. The number of para-hydroxylation sites is 2. The maximum atomic E-state index is 11.8. The van der Waals surface area contributed by atoms with Crippen LogP contribution in [-0.4, -0.2) is 23.2 Å². The molecule has 0 fully saturated rings. The summed E-state index contributed by atoms with van der Waals surface area (Å²) in [6.07, 6.45) is 3.66. The van der Waals surface area contributed by atoms with Crippen LogP contribution in [0.25, 0.3) is 10.9 Å². The number of carbonyl (C=O) groups is 1. The Bertz CT molecular complexity index is 837. The molecule has 0 aliphatic rings. The van der Waals surface area contributed by atoms with E-state index in [1.165, 1.54) is 0 Å². The van der Waals surface area contributed by atoms with Gasteiger partial charge in [-0.15, -0.1) is 0 Å². The first-order chi connectivity index (χ1) is 11.2. The third-order valence-electron chi connectivity index (χ3n) is 3.55. The summed E-state index contributed by atoms with van der Waals surface area (Å²) in [5.41, 5.74) is 5.54. The lowest BCUT2D eigenvalue weighted by Gasteiger charge is -2.04. The average molecular weight is 306 g/mol. The molecule has 116 valence electrons. The first kappa shape index (κ1) is 14.8. The number of aryl methyl sites for hydroxylation is 1. The predicted molar refractivity (Wildman–Crippen MR) is 93.6 cm³/mol. The van der Waals surface area contributed by atoms with E-state index in [-0.39, 0.29) is 12.5 Å². The van der Waals surface area contributed by atoms with Crippen LogP contribution in [0, 0.1) is 0 Å². The van der Waals surface area contributed by atoms with Crippen molar-refractivity contribution in [2.24, 2.45) is 12.1 Å². The molecule has 3 rings (SSSR count). The van der Waals surface area contributed by atoms with Crippen molar-refractivity contribution in [2.45, 2.75) is 0 Å². The van der Waals surface area contributed by atoms with E-state index in [9.17, 15) is 4.79 Å². The number of hydrazone groups is 1. The minimum atomic E-state index is -0.190. The highest BCUT2D eigenvalue weighted by Gasteiger charge is 2.03. The van der Waals surface area contributed by atoms with Gasteiger partial charge < -0.3 is 9.88 Å². The van der Waals surface area contributed by atoms with Gasteiger partial charge in [0.1, 0.15) is 0 Å². The van der Waals surface area contributed by atoms with Gasteiger partial charge in [-0.2, -0.15) is 5.10 Å². The molecule has 5 heteroatoms. The molecule has 5 nitrogen and oxygen atoms in total. The van der Waals surface area contributed by atoms with Crippen LogP contribution in [0.5, 0.6) is 0 Å². The van der Waals surface area contributed by atoms with E-state index in [1.807, 2.05) is 66.3 Å². The van der Waals surface area contributed by atoms with Gasteiger partial charge in [0.25, 0.3) is 5.91 Å². The second-order valence-electron chi connectivity index (χ2n) is 5.23. The van der Waals surface area contributed by atoms with Crippen LogP contribution >= 0.6 is 0 Å². The summed E-state index contributed by atoms with van der Waals surface area (Å²) in [6.45, 7) is 0.177. The second-order valence-corrected chi connectivity index (χ2v) is 5.23. The molecule has 1 aromatic heterocycles. The Labute approximate surface area is 134 Å². The molecule has 0 saturated heterocycles. The molecule has 23 heavy (non-hydrogen) atoms. The van der Waals surface area contributed by atoms with Crippen molar-refractivity contribution < 1.29 is 4.79 Å². The van der Waals surface area contributed by atoms with Gasteiger partial charge in [0, 0.05) is 35.4 Å². The highest BCUT2D eigenvalue weighted by molar-refractivity contribution is 5.99. The molecule has 1 amide bonds. The highest BCUT2D eigenvalue weighted by atomic mass is 16.2. The standard InChI is InChI=1S/C18H18N4O/c1-22-13-14(16-9-5-6-10-17(16)22)11-20-21-18(23)12-19-15-7-3-2-4-8-15/h2-11,13,19H,12H2,1H3,(H,21,23)/b20-11-. The third kappa shape index (κ3) is 3.58. The second kappa shape index (κ2) is 6.79. The maximum absolute atomic E-state index is 11.8. The molecular weight excluding hydrogens is 288 g/mol. The third-order valence-corrected chi connectivity index (χ3v) is 3.55. The first-order valence-corrected chi connectivity index (χ1v) is 7.39. The SMILES string of the molecule is Cn1cc(/C=N\NC(=O)CNc2ccccc2)c2ccccc21. The average Bonchev–Trinajstić information content (AvgIpc) is 2.91. The van der Waals surface area contributed by atoms with Crippen LogP contribution in [0.1, 0.15) is 5.56 Å². The van der Waals surface area contributed by atoms with Crippen LogP contribution in [0.15, 0.2) is 65.9 Å². The summed E-state index contributed by atoms with van der Waals surface area (Å²) in [7, 11) is 1.99. The van der Waals surface area contributed by atoms with Gasteiger partial charge in [0.2, 0.25) is 0 Å². The Kier molecular flexibility index (Phi) is 4.38. The molecular formula is C18H18N4O. The summed E-state index contributed by atoms with van der Waals surface area (Å²) in [5.74, 6) is -0.190. The summed E-state index contributed by atoms with van der Waals surface area (Å²) in [5, 5.41) is 8.18. The number of fused-ring (bicyclic) bond motifs is 1. The van der Waals surface area contributed by atoms with E-state index in [4.69, 9.17) is 0 Å². The number of amides is 1. The molecule has 0 spiro atoms. The van der Waals surface area contributed by atoms with Gasteiger partial charge in [0.15, 0.2) is 0 Å². The van der Waals surface area contributed by atoms with Crippen LogP contribution in [0.3, 0.4) is 0 Å². The van der Waals surface area contributed by atoms with Gasteiger partial charge in [-0.3, -0.25) is 4.79 Å². The fourth-order valence-electron chi connectivity index (χ4n) is 2.43. The van der Waals surface area contributed by atoms with Crippen molar-refractivity contribution in [1.29, 1.82) is 0 Å². The highest BCUT2D eigenvalue weighted by Crippen LogP contribution is 2.18. The van der Waals surface area contributed by atoms with Crippen molar-refractivity contribution in [2.75, 3.05) is 11.9 Å². The Hall–Kier alpha value is -3.08. The summed E-state index contributed by atoms with van der Waals surface area (Å²) < 4.78 is 2.04. The lowest BCUT2D eigenvalue weighted by Crippen LogP contribution is -2.25. The zero-order valence-corrected chi connectivity index (χ0v) is 12.9. The lowest BCUT2D eigenvalue weighted by molar-refractivity contribution is -0.119. The molecule has 0 saturated carbocycles. The molecule has 0 bridgehead atoms. The summed E-state index contributed by atoms with van der Waals surface area (Å²) in [6, 6.07) is 17.7. The topological polar surface area (TPSA) is 58.4 Å². The van der Waals surface area contributed by atoms with E-state index in [0.29, 0.717) is 0 Å². The Morgan fingerprint density at radius 3 is 2.70 bits per heavy atom. The number of nitrogens with zero attached hydrogens (tertiary/aromatic N) is 2. The van der Waals surface area contributed by atoms with Crippen molar-refractivity contribution in [3.8, 4) is 0 Å². The number of benzene rings is 2. The number of carbonyl (C=O) groups excluding carboxylic acids is 1. The summed E-state index contributed by atoms with van der Waals surface area (Å²) >= 11 is 0. The molecule has 0 unspecified atom stereocenters. The van der Waals surface area contributed by atoms with Gasteiger partial charge in [-0.05, 0) is 18.2 Å². The fourth-order valence-corrected chi connectivity index (χ4v) is 2.43. The number of hydrogen-bond donors (Lipinski definition) is 2. The van der Waals surface area contributed by atoms with Crippen LogP contribution in [-0.2, 0) is 11.8 Å². The number of rotatable bonds is 5. The van der Waals surface area contributed by atoms with Crippen LogP contribution < -0.4 is 10.7 Å². The van der Waals surface area contributed by atoms with E-state index >= 15 is 0 Å².